The zero-order valence-electron chi connectivity index (χ0n) is 19.1. The molecule has 1 aromatic carbocycles. The van der Waals surface area contributed by atoms with Gasteiger partial charge in [-0.2, -0.15) is 5.10 Å². The maximum absolute atomic E-state index is 12.3. The first-order chi connectivity index (χ1) is 16.9. The Bertz CT molecular complexity index is 963. The van der Waals surface area contributed by atoms with E-state index in [1.165, 1.54) is 24.3 Å². The van der Waals surface area contributed by atoms with E-state index in [4.69, 9.17) is 19.9 Å². The second-order valence-electron chi connectivity index (χ2n) is 7.25. The summed E-state index contributed by atoms with van der Waals surface area (Å²) in [6.45, 7) is 4.43. The fraction of sp³-hybridized carbons (Fsp3) is 0.455. The molecule has 0 atom stereocenters. The van der Waals surface area contributed by atoms with Crippen molar-refractivity contribution in [2.24, 2.45) is 10.7 Å². The summed E-state index contributed by atoms with van der Waals surface area (Å²) in [7, 11) is 0. The summed E-state index contributed by atoms with van der Waals surface area (Å²) in [5.41, 5.74) is 7.60. The zero-order valence-corrected chi connectivity index (χ0v) is 19.1. The van der Waals surface area contributed by atoms with Crippen LogP contribution in [0.2, 0.25) is 0 Å². The van der Waals surface area contributed by atoms with Crippen LogP contribution < -0.4 is 21.1 Å². The smallest absolute Gasteiger partial charge is 0.406 e. The Hall–Kier alpha value is -3.13. The van der Waals surface area contributed by atoms with E-state index in [1.54, 1.807) is 17.0 Å². The highest BCUT2D eigenvalue weighted by molar-refractivity contribution is 6.08. The third kappa shape index (κ3) is 9.94. The molecule has 0 aliphatic carbocycles. The van der Waals surface area contributed by atoms with Crippen LogP contribution in [0.5, 0.6) is 5.75 Å². The normalized spacial score (nSPS) is 13.7. The third-order valence-corrected chi connectivity index (χ3v) is 4.58. The minimum Gasteiger partial charge on any atom is -0.406 e. The number of alkyl halides is 3. The van der Waals surface area contributed by atoms with Gasteiger partial charge in [-0.05, 0) is 24.3 Å². The van der Waals surface area contributed by atoms with Crippen molar-refractivity contribution in [3.8, 4) is 5.75 Å². The van der Waals surface area contributed by atoms with E-state index < -0.39 is 6.36 Å². The second-order valence-corrected chi connectivity index (χ2v) is 7.25. The van der Waals surface area contributed by atoms with Crippen molar-refractivity contribution in [3.05, 3.63) is 48.3 Å². The minimum atomic E-state index is -4.73. The van der Waals surface area contributed by atoms with Gasteiger partial charge in [-0.1, -0.05) is 0 Å². The molecule has 0 saturated heterocycles. The van der Waals surface area contributed by atoms with Gasteiger partial charge in [-0.3, -0.25) is 4.68 Å². The molecule has 192 valence electrons. The second kappa shape index (κ2) is 13.7. The van der Waals surface area contributed by atoms with Crippen molar-refractivity contribution in [2.45, 2.75) is 12.9 Å². The van der Waals surface area contributed by atoms with Crippen molar-refractivity contribution in [1.82, 2.24) is 15.1 Å². The summed E-state index contributed by atoms with van der Waals surface area (Å²) in [4.78, 5) is 4.33. The number of hydrogen-bond donors (Lipinski definition) is 3. The van der Waals surface area contributed by atoms with Crippen molar-refractivity contribution in [1.29, 1.82) is 0 Å². The third-order valence-electron chi connectivity index (χ3n) is 4.58. The number of benzene rings is 1. The number of nitrogens with two attached hydrogens (primary N) is 1. The number of anilines is 1. The Balaban J connectivity index is 1.40. The topological polar surface area (TPSA) is 117 Å². The number of ether oxygens (including phenoxy) is 4. The highest BCUT2D eigenvalue weighted by Crippen LogP contribution is 2.24. The largest absolute Gasteiger partial charge is 0.573 e. The molecule has 35 heavy (non-hydrogen) atoms. The van der Waals surface area contributed by atoms with Gasteiger partial charge in [0, 0.05) is 35.8 Å². The van der Waals surface area contributed by atoms with Crippen LogP contribution in [0, 0.1) is 0 Å². The Morgan fingerprint density at radius 1 is 1.00 bits per heavy atom. The number of aromatic nitrogens is 2. The Morgan fingerprint density at radius 2 is 1.69 bits per heavy atom. The molecule has 1 aliphatic heterocycles. The summed E-state index contributed by atoms with van der Waals surface area (Å²) >= 11 is 0. The average molecular weight is 499 g/mol. The van der Waals surface area contributed by atoms with Crippen molar-refractivity contribution >= 4 is 17.2 Å². The fourth-order valence-electron chi connectivity index (χ4n) is 3.00. The number of aliphatic imine (C=N–C) groups is 1. The Labute approximate surface area is 200 Å². The molecule has 2 heterocycles. The van der Waals surface area contributed by atoms with Gasteiger partial charge < -0.3 is 35.3 Å². The maximum atomic E-state index is 12.3. The first-order valence-corrected chi connectivity index (χ1v) is 11.0. The molecule has 0 fully saturated rings. The molecule has 13 heteroatoms. The highest BCUT2D eigenvalue weighted by Gasteiger charge is 2.30. The van der Waals surface area contributed by atoms with Crippen LogP contribution >= 0.6 is 0 Å². The highest BCUT2D eigenvalue weighted by atomic mass is 19.4. The van der Waals surface area contributed by atoms with Crippen LogP contribution in [-0.2, 0) is 20.8 Å². The number of nitrogens with zero attached hydrogens (tertiary/aromatic N) is 3. The van der Waals surface area contributed by atoms with Gasteiger partial charge in [-0.15, -0.1) is 13.2 Å². The summed E-state index contributed by atoms with van der Waals surface area (Å²) in [6.07, 6.45) is 0.697. The van der Waals surface area contributed by atoms with Crippen LogP contribution in [0.1, 0.15) is 5.56 Å². The summed E-state index contributed by atoms with van der Waals surface area (Å²) < 4.78 is 58.7. The summed E-state index contributed by atoms with van der Waals surface area (Å²) in [6, 6.07) is 5.44. The van der Waals surface area contributed by atoms with Crippen LogP contribution in [0.15, 0.2) is 47.7 Å². The lowest BCUT2D eigenvalue weighted by Crippen LogP contribution is -2.23. The van der Waals surface area contributed by atoms with E-state index in [9.17, 15) is 13.2 Å². The van der Waals surface area contributed by atoms with Gasteiger partial charge in [0.2, 0.25) is 0 Å². The molecule has 0 unspecified atom stereocenters. The van der Waals surface area contributed by atoms with Crippen LogP contribution in [-0.4, -0.2) is 74.8 Å². The monoisotopic (exact) mass is 498 g/mol. The molecular weight excluding hydrogens is 469 g/mol. The molecule has 0 amide bonds. The van der Waals surface area contributed by atoms with E-state index in [0.717, 1.165) is 11.3 Å². The van der Waals surface area contributed by atoms with E-state index in [2.05, 4.69) is 25.5 Å². The molecule has 2 aromatic rings. The molecule has 3 rings (SSSR count). The van der Waals surface area contributed by atoms with Crippen LogP contribution in [0.4, 0.5) is 18.9 Å². The van der Waals surface area contributed by atoms with Gasteiger partial charge >= 0.3 is 6.36 Å². The quantitative estimate of drug-likeness (QED) is 0.340. The summed E-state index contributed by atoms with van der Waals surface area (Å²) in [5.74, 6) is 0.274. The number of hydrogen-bond acceptors (Lipinski definition) is 9. The van der Waals surface area contributed by atoms with Gasteiger partial charge in [0.15, 0.2) is 0 Å². The number of nitrogens with one attached hydrogen (secondary N) is 2. The number of halogens is 3. The van der Waals surface area contributed by atoms with E-state index in [1.807, 2.05) is 6.20 Å². The van der Waals surface area contributed by atoms with Gasteiger partial charge in [0.25, 0.3) is 0 Å². The Morgan fingerprint density at radius 3 is 2.37 bits per heavy atom. The molecule has 0 saturated carbocycles. The molecule has 0 radical (unpaired) electrons. The van der Waals surface area contributed by atoms with E-state index >= 15 is 0 Å². The summed E-state index contributed by atoms with van der Waals surface area (Å²) in [5, 5.41) is 10.6. The molecule has 1 aliphatic rings. The Kier molecular flexibility index (Phi) is 10.3. The lowest BCUT2D eigenvalue weighted by atomic mass is 10.2. The molecule has 0 bridgehead atoms. The SMILES string of the molecule is NCCOCCOCCOCCn1cc(C2=CC(Nc3ccc(OC(F)(F)F)cc3)=NCN2)cn1. The van der Waals surface area contributed by atoms with Crippen molar-refractivity contribution < 1.29 is 32.1 Å². The zero-order chi connectivity index (χ0) is 24.9. The van der Waals surface area contributed by atoms with Crippen LogP contribution in [0.25, 0.3) is 5.70 Å². The molecule has 0 spiro atoms. The number of amidine groups is 1. The average Bonchev–Trinajstić information content (AvgIpc) is 3.30. The van der Waals surface area contributed by atoms with Gasteiger partial charge in [-0.25, -0.2) is 4.99 Å². The lowest BCUT2D eigenvalue weighted by Gasteiger charge is -2.16. The fourth-order valence-corrected chi connectivity index (χ4v) is 3.00. The standard InChI is InChI=1S/C22H29F3N6O4/c23-22(24,25)35-19-3-1-18(2-4-19)30-21-13-20(27-16-28-21)17-14-29-31(15-17)6-8-33-10-12-34-11-9-32-7-5-26/h1-4,13-15,27H,5-12,16,26H2,(H,28,30). The van der Waals surface area contributed by atoms with Crippen molar-refractivity contribution in [3.63, 3.8) is 0 Å². The predicted octanol–water partition coefficient (Wildman–Crippen LogP) is 2.20. The molecule has 4 N–H and O–H groups in total. The molecular formula is C22H29F3N6O4. The molecule has 10 nitrogen and oxygen atoms in total. The van der Waals surface area contributed by atoms with Gasteiger partial charge in [0.1, 0.15) is 18.3 Å². The maximum Gasteiger partial charge on any atom is 0.573 e. The lowest BCUT2D eigenvalue weighted by molar-refractivity contribution is -0.274. The number of rotatable bonds is 14. The first-order valence-electron chi connectivity index (χ1n) is 11.0. The first kappa shape index (κ1) is 26.5. The molecule has 1 aromatic heterocycles. The van der Waals surface area contributed by atoms with Crippen molar-refractivity contribution in [2.75, 3.05) is 58.2 Å². The van der Waals surface area contributed by atoms with Crippen LogP contribution in [0.3, 0.4) is 0 Å². The van der Waals surface area contributed by atoms with E-state index in [0.29, 0.717) is 70.9 Å². The van der Waals surface area contributed by atoms with Gasteiger partial charge in [0.05, 0.1) is 52.4 Å². The minimum absolute atomic E-state index is 0.289. The predicted molar refractivity (Wildman–Crippen MR) is 124 cm³/mol. The van der Waals surface area contributed by atoms with E-state index in [-0.39, 0.29) is 5.75 Å².